The van der Waals surface area contributed by atoms with Crippen LogP contribution in [0.15, 0.2) is 195 Å². The van der Waals surface area contributed by atoms with Gasteiger partial charge in [0.2, 0.25) is 0 Å². The van der Waals surface area contributed by atoms with Gasteiger partial charge >= 0.3 is 0 Å². The van der Waals surface area contributed by atoms with Gasteiger partial charge in [-0.15, -0.1) is 11.3 Å². The number of hydrogen-bond donors (Lipinski definition) is 1. The third-order valence-electron chi connectivity index (χ3n) is 10.8. The van der Waals surface area contributed by atoms with Gasteiger partial charge < -0.3 is 14.6 Å². The summed E-state index contributed by atoms with van der Waals surface area (Å²) in [5.74, 6) is 0.916. The highest BCUT2D eigenvalue weighted by atomic mass is 32.1. The lowest BCUT2D eigenvalue weighted by atomic mass is 9.92. The highest BCUT2D eigenvalue weighted by Gasteiger charge is 2.23. The van der Waals surface area contributed by atoms with Crippen molar-refractivity contribution in [3.63, 3.8) is 0 Å². The Morgan fingerprint density at radius 1 is 0.509 bits per heavy atom. The quantitative estimate of drug-likeness (QED) is 0.136. The zero-order valence-corrected chi connectivity index (χ0v) is 31.5. The monoisotopic (exact) mass is 751 g/mol. The second-order valence-electron chi connectivity index (χ2n) is 14.2. The number of nitrogens with two attached hydrogens (primary N) is 1. The summed E-state index contributed by atoms with van der Waals surface area (Å²) in [4.78, 5) is 10.7. The molecule has 5 nitrogen and oxygen atoms in total. The number of rotatable bonds is 6. The molecule has 0 aliphatic carbocycles. The van der Waals surface area contributed by atoms with Crippen molar-refractivity contribution < 1.29 is 8.83 Å². The van der Waals surface area contributed by atoms with E-state index < -0.39 is 0 Å². The fraction of sp³-hybridized carbons (Fsp3) is 0.0196. The van der Waals surface area contributed by atoms with E-state index in [9.17, 15) is 0 Å². The fourth-order valence-corrected chi connectivity index (χ4v) is 9.44. The molecule has 0 atom stereocenters. The van der Waals surface area contributed by atoms with E-state index in [0.717, 1.165) is 87.5 Å². The predicted octanol–water partition coefficient (Wildman–Crippen LogP) is 13.5. The molecule has 0 aliphatic rings. The molecule has 0 bridgehead atoms. The maximum atomic E-state index is 7.42. The lowest BCUT2D eigenvalue weighted by Crippen LogP contribution is -2.18. The van der Waals surface area contributed by atoms with Gasteiger partial charge in [0, 0.05) is 52.8 Å². The molecule has 0 amide bonds. The minimum Gasteiger partial charge on any atom is -0.456 e. The predicted molar refractivity (Wildman–Crippen MR) is 239 cm³/mol. The maximum absolute atomic E-state index is 7.42. The molecule has 270 valence electrons. The molecule has 0 unspecified atom stereocenters. The Morgan fingerprint density at radius 2 is 1.14 bits per heavy atom. The van der Waals surface area contributed by atoms with Crippen molar-refractivity contribution in [3.8, 4) is 22.3 Å². The number of nitrogens with zero attached hydrogens (tertiary/aromatic N) is 2. The summed E-state index contributed by atoms with van der Waals surface area (Å²) in [6, 6.07) is 60.5. The van der Waals surface area contributed by atoms with Crippen LogP contribution in [0.2, 0.25) is 0 Å². The summed E-state index contributed by atoms with van der Waals surface area (Å²) in [5.41, 5.74) is 17.6. The average Bonchev–Trinajstić information content (AvgIpc) is 3.96. The molecule has 2 N–H and O–H groups in total. The zero-order valence-electron chi connectivity index (χ0n) is 30.6. The third-order valence-corrected chi connectivity index (χ3v) is 12.0. The molecule has 11 rings (SSSR count). The van der Waals surface area contributed by atoms with Crippen LogP contribution in [0.4, 0.5) is 0 Å². The minimum absolute atomic E-state index is 0.349. The van der Waals surface area contributed by atoms with Crippen molar-refractivity contribution in [1.82, 2.24) is 0 Å². The number of fused-ring (bicyclic) bond motifs is 9. The lowest BCUT2D eigenvalue weighted by molar-refractivity contribution is 0.669. The van der Waals surface area contributed by atoms with Gasteiger partial charge in [-0.05, 0) is 76.3 Å². The zero-order chi connectivity index (χ0) is 37.9. The second kappa shape index (κ2) is 13.5. The third kappa shape index (κ3) is 5.61. The van der Waals surface area contributed by atoms with Gasteiger partial charge in [0.25, 0.3) is 0 Å². The van der Waals surface area contributed by atoms with Crippen molar-refractivity contribution in [2.45, 2.75) is 6.54 Å². The summed E-state index contributed by atoms with van der Waals surface area (Å²) in [6.07, 6.45) is 0. The van der Waals surface area contributed by atoms with E-state index in [1.54, 1.807) is 11.3 Å². The van der Waals surface area contributed by atoms with Crippen LogP contribution in [-0.4, -0.2) is 11.7 Å². The molecular formula is C51H33N3O2S. The Morgan fingerprint density at radius 3 is 1.96 bits per heavy atom. The first kappa shape index (κ1) is 33.1. The molecule has 0 saturated carbocycles. The van der Waals surface area contributed by atoms with Crippen LogP contribution in [0.5, 0.6) is 0 Å². The van der Waals surface area contributed by atoms with Crippen LogP contribution in [0, 0.1) is 0 Å². The second-order valence-corrected chi connectivity index (χ2v) is 15.3. The Labute approximate surface area is 331 Å². The number of benzene rings is 8. The van der Waals surface area contributed by atoms with Crippen molar-refractivity contribution in [1.29, 1.82) is 0 Å². The molecule has 0 radical (unpaired) electrons. The lowest BCUT2D eigenvalue weighted by Gasteiger charge is -2.14. The first-order chi connectivity index (χ1) is 28.2. The van der Waals surface area contributed by atoms with Gasteiger partial charge in [0.1, 0.15) is 28.2 Å². The number of amidine groups is 2. The SMILES string of the molecule is N/C(=N\C(=N/Cc1cccc(-c2ccccc2)c1)c1cccc2c1sc1ccccc12)c1c(-c2cccc3oc4ccccc4c23)ccc2oc3ccccc3c12. The van der Waals surface area contributed by atoms with E-state index in [1.807, 2.05) is 60.7 Å². The Hall–Kier alpha value is -7.28. The molecule has 0 saturated heterocycles. The smallest absolute Gasteiger partial charge is 0.158 e. The molecule has 8 aromatic carbocycles. The number of aliphatic imine (C=N–C) groups is 2. The fourth-order valence-electron chi connectivity index (χ4n) is 8.23. The van der Waals surface area contributed by atoms with Crippen LogP contribution < -0.4 is 5.73 Å². The number of furan rings is 2. The highest BCUT2D eigenvalue weighted by Crippen LogP contribution is 2.42. The van der Waals surface area contributed by atoms with Crippen LogP contribution in [0.25, 0.3) is 86.3 Å². The highest BCUT2D eigenvalue weighted by molar-refractivity contribution is 7.26. The largest absolute Gasteiger partial charge is 0.456 e. The molecule has 57 heavy (non-hydrogen) atoms. The van der Waals surface area contributed by atoms with Crippen LogP contribution in [-0.2, 0) is 6.54 Å². The first-order valence-electron chi connectivity index (χ1n) is 19.0. The van der Waals surface area contributed by atoms with Crippen molar-refractivity contribution >= 4 is 87.1 Å². The minimum atomic E-state index is 0.349. The standard InChI is InChI=1S/C51H33N3O2S/c52-50(48-36(27-28-44-47(48)39-19-5-8-24-42(39)56-44)35-20-12-25-43-46(35)38-18-4-7-23-41(38)55-43)54-51(40-22-11-21-37-34-17-6-9-26-45(34)57-49(37)40)53-30-31-13-10-16-33(29-31)32-14-2-1-3-15-32/h1-29H,30H2,(H2,52,53,54). The normalized spacial score (nSPS) is 12.6. The van der Waals surface area contributed by atoms with E-state index in [0.29, 0.717) is 18.2 Å². The van der Waals surface area contributed by atoms with Crippen molar-refractivity contribution in [2.24, 2.45) is 15.7 Å². The Bertz CT molecular complexity index is 3400. The molecular weight excluding hydrogens is 719 g/mol. The van der Waals surface area contributed by atoms with Crippen LogP contribution >= 0.6 is 11.3 Å². The van der Waals surface area contributed by atoms with E-state index in [-0.39, 0.29) is 0 Å². The van der Waals surface area contributed by atoms with Gasteiger partial charge in [-0.3, -0.25) is 4.99 Å². The van der Waals surface area contributed by atoms with Crippen molar-refractivity contribution in [2.75, 3.05) is 0 Å². The number of para-hydroxylation sites is 2. The van der Waals surface area contributed by atoms with E-state index in [4.69, 9.17) is 24.6 Å². The van der Waals surface area contributed by atoms with Crippen molar-refractivity contribution in [3.05, 3.63) is 193 Å². The summed E-state index contributed by atoms with van der Waals surface area (Å²) in [6.45, 7) is 0.417. The summed E-state index contributed by atoms with van der Waals surface area (Å²) in [7, 11) is 0. The molecule has 11 aromatic rings. The topological polar surface area (TPSA) is 77.0 Å². The van der Waals surface area contributed by atoms with Gasteiger partial charge in [0.15, 0.2) is 5.84 Å². The van der Waals surface area contributed by atoms with Crippen LogP contribution in [0.1, 0.15) is 16.7 Å². The molecule has 3 heterocycles. The Balaban J connectivity index is 1.16. The van der Waals surface area contributed by atoms with Gasteiger partial charge in [0.05, 0.1) is 6.54 Å². The van der Waals surface area contributed by atoms with Gasteiger partial charge in [-0.1, -0.05) is 127 Å². The molecule has 0 spiro atoms. The van der Waals surface area contributed by atoms with E-state index >= 15 is 0 Å². The Kier molecular flexibility index (Phi) is 7.83. The molecule has 3 aromatic heterocycles. The first-order valence-corrected chi connectivity index (χ1v) is 19.8. The molecule has 0 aliphatic heterocycles. The summed E-state index contributed by atoms with van der Waals surface area (Å²) < 4.78 is 15.1. The van der Waals surface area contributed by atoms with Gasteiger partial charge in [-0.25, -0.2) is 4.99 Å². The number of hydrogen-bond acceptors (Lipinski definition) is 4. The van der Waals surface area contributed by atoms with Crippen LogP contribution in [0.3, 0.4) is 0 Å². The molecule has 6 heteroatoms. The van der Waals surface area contributed by atoms with E-state index in [1.165, 1.54) is 15.5 Å². The summed E-state index contributed by atoms with van der Waals surface area (Å²) in [5, 5.41) is 6.32. The summed E-state index contributed by atoms with van der Waals surface area (Å²) >= 11 is 1.75. The number of thiophene rings is 1. The maximum Gasteiger partial charge on any atom is 0.158 e. The molecule has 0 fully saturated rings. The van der Waals surface area contributed by atoms with Gasteiger partial charge in [-0.2, -0.15) is 0 Å². The average molecular weight is 752 g/mol. The van der Waals surface area contributed by atoms with E-state index in [2.05, 4.69) is 115 Å².